The molecule has 4 unspecified atom stereocenters. The number of halogens is 1. The summed E-state index contributed by atoms with van der Waals surface area (Å²) in [4.78, 5) is 24.9. The third-order valence-electron chi connectivity index (χ3n) is 9.62. The van der Waals surface area contributed by atoms with Crippen LogP contribution >= 0.6 is 0 Å². The molecule has 34 heavy (non-hydrogen) atoms. The van der Waals surface area contributed by atoms with Crippen LogP contribution < -0.4 is 4.74 Å². The highest BCUT2D eigenvalue weighted by Gasteiger charge is 2.65. The van der Waals surface area contributed by atoms with Gasteiger partial charge < -0.3 is 9.47 Å². The highest BCUT2D eigenvalue weighted by Crippen LogP contribution is 2.67. The Labute approximate surface area is 201 Å². The van der Waals surface area contributed by atoms with Crippen LogP contribution in [0.25, 0.3) is 0 Å². The summed E-state index contributed by atoms with van der Waals surface area (Å²) >= 11 is 0. The maximum atomic E-state index is 13.9. The van der Waals surface area contributed by atoms with Gasteiger partial charge in [-0.2, -0.15) is 0 Å². The third-order valence-corrected chi connectivity index (χ3v) is 9.62. The van der Waals surface area contributed by atoms with Crippen molar-refractivity contribution in [3.8, 4) is 5.75 Å². The lowest BCUT2D eigenvalue weighted by atomic mass is 9.49. The van der Waals surface area contributed by atoms with Gasteiger partial charge in [-0.3, -0.25) is 4.79 Å². The van der Waals surface area contributed by atoms with Crippen molar-refractivity contribution < 1.29 is 23.5 Å². The van der Waals surface area contributed by atoms with Gasteiger partial charge >= 0.3 is 5.97 Å². The third kappa shape index (κ3) is 3.63. The van der Waals surface area contributed by atoms with Crippen LogP contribution in [-0.2, 0) is 14.3 Å². The van der Waals surface area contributed by atoms with Gasteiger partial charge in [-0.15, -0.1) is 0 Å². The van der Waals surface area contributed by atoms with Gasteiger partial charge in [0.15, 0.2) is 24.0 Å². The molecule has 0 N–H and O–H groups in total. The summed E-state index contributed by atoms with van der Waals surface area (Å²) in [6, 6.07) is 6.08. The Morgan fingerprint density at radius 3 is 2.74 bits per heavy atom. The van der Waals surface area contributed by atoms with Crippen LogP contribution in [0.2, 0.25) is 0 Å². The Morgan fingerprint density at radius 2 is 1.97 bits per heavy atom. The number of benzene rings is 1. The van der Waals surface area contributed by atoms with Crippen molar-refractivity contribution in [2.75, 3.05) is 6.61 Å². The molecule has 0 aliphatic heterocycles. The van der Waals surface area contributed by atoms with E-state index in [-0.39, 0.29) is 17.8 Å². The second-order valence-electron chi connectivity index (χ2n) is 10.7. The summed E-state index contributed by atoms with van der Waals surface area (Å²) in [6.07, 6.45) is 12.4. The fraction of sp³-hybridized carbons (Fsp3) is 0.586. The second kappa shape index (κ2) is 8.98. The normalized spacial score (nSPS) is 36.5. The maximum Gasteiger partial charge on any atom is 0.345 e. The predicted octanol–water partition coefficient (Wildman–Crippen LogP) is 6.20. The van der Waals surface area contributed by atoms with E-state index in [2.05, 4.69) is 13.5 Å². The summed E-state index contributed by atoms with van der Waals surface area (Å²) in [7, 11) is 0. The number of para-hydroxylation sites is 1. The number of rotatable bonds is 6. The molecule has 3 saturated carbocycles. The minimum Gasteiger partial charge on any atom is -0.479 e. The van der Waals surface area contributed by atoms with E-state index in [0.717, 1.165) is 51.4 Å². The van der Waals surface area contributed by atoms with Gasteiger partial charge in [0.1, 0.15) is 5.60 Å². The summed E-state index contributed by atoms with van der Waals surface area (Å²) in [5.41, 5.74) is 0.534. The Hall–Kier alpha value is -2.43. The van der Waals surface area contributed by atoms with Crippen LogP contribution in [0.15, 0.2) is 48.6 Å². The van der Waals surface area contributed by atoms with Gasteiger partial charge in [-0.25, -0.2) is 9.18 Å². The Bertz CT molecular complexity index is 1020. The van der Waals surface area contributed by atoms with E-state index in [0.29, 0.717) is 35.9 Å². The minimum atomic E-state index is -0.717. The molecule has 1 aromatic rings. The number of esters is 1. The molecule has 4 nitrogen and oxygen atoms in total. The average Bonchev–Trinajstić information content (AvgIpc) is 3.18. The molecule has 6 atom stereocenters. The van der Waals surface area contributed by atoms with Gasteiger partial charge in [-0.05, 0) is 99.3 Å². The van der Waals surface area contributed by atoms with Gasteiger partial charge in [0.2, 0.25) is 0 Å². The quantitative estimate of drug-likeness (QED) is 0.370. The zero-order valence-corrected chi connectivity index (χ0v) is 20.1. The number of fused-ring (bicyclic) bond motifs is 5. The molecule has 0 heterocycles. The number of carbonyl (C=O) groups is 2. The highest BCUT2D eigenvalue weighted by molar-refractivity contribution is 5.91. The molecular weight excluding hydrogens is 431 g/mol. The molecule has 0 saturated heterocycles. The average molecular weight is 467 g/mol. The maximum absolute atomic E-state index is 13.9. The first-order valence-electron chi connectivity index (χ1n) is 12.9. The summed E-state index contributed by atoms with van der Waals surface area (Å²) in [5, 5.41) is 0. The van der Waals surface area contributed by atoms with Crippen molar-refractivity contribution in [3.05, 3.63) is 54.4 Å². The summed E-state index contributed by atoms with van der Waals surface area (Å²) < 4.78 is 25.6. The summed E-state index contributed by atoms with van der Waals surface area (Å²) in [6.45, 7) is 6.03. The van der Waals surface area contributed by atoms with Crippen molar-refractivity contribution in [1.82, 2.24) is 0 Å². The molecule has 4 aliphatic carbocycles. The molecule has 4 aliphatic rings. The van der Waals surface area contributed by atoms with Crippen molar-refractivity contribution in [1.29, 1.82) is 0 Å². The van der Waals surface area contributed by atoms with Gasteiger partial charge in [-0.1, -0.05) is 31.2 Å². The number of ether oxygens (including phenoxy) is 2. The topological polar surface area (TPSA) is 52.6 Å². The van der Waals surface area contributed by atoms with Gasteiger partial charge in [0.05, 0.1) is 0 Å². The van der Waals surface area contributed by atoms with Crippen LogP contribution in [0.5, 0.6) is 5.75 Å². The Balaban J connectivity index is 1.34. The monoisotopic (exact) mass is 466 g/mol. The van der Waals surface area contributed by atoms with Crippen LogP contribution in [0.1, 0.15) is 64.7 Å². The van der Waals surface area contributed by atoms with E-state index in [1.807, 2.05) is 12.2 Å². The summed E-state index contributed by atoms with van der Waals surface area (Å²) in [5.74, 6) is 1.62. The number of carbonyl (C=O) groups excluding carboxylic acids is 2. The van der Waals surface area contributed by atoms with E-state index >= 15 is 0 Å². The number of ketones is 1. The lowest BCUT2D eigenvalue weighted by molar-refractivity contribution is -0.177. The number of hydrogen-bond acceptors (Lipinski definition) is 4. The largest absolute Gasteiger partial charge is 0.479 e. The highest BCUT2D eigenvalue weighted by atomic mass is 19.1. The molecule has 0 bridgehead atoms. The molecule has 182 valence electrons. The van der Waals surface area contributed by atoms with E-state index < -0.39 is 17.4 Å². The lowest BCUT2D eigenvalue weighted by Crippen LogP contribution is -2.55. The van der Waals surface area contributed by atoms with Crippen LogP contribution in [0.4, 0.5) is 4.39 Å². The van der Waals surface area contributed by atoms with Crippen molar-refractivity contribution in [2.24, 2.45) is 29.1 Å². The fourth-order valence-electron chi connectivity index (χ4n) is 8.20. The Kier molecular flexibility index (Phi) is 6.16. The van der Waals surface area contributed by atoms with Crippen molar-refractivity contribution in [3.63, 3.8) is 0 Å². The molecular formula is C29H35FO4. The predicted molar refractivity (Wildman–Crippen MR) is 128 cm³/mol. The van der Waals surface area contributed by atoms with Gasteiger partial charge in [0.25, 0.3) is 0 Å². The van der Waals surface area contributed by atoms with Crippen molar-refractivity contribution in [2.45, 2.75) is 70.3 Å². The molecule has 0 spiro atoms. The SMILES string of the molecule is C=C[C@]1(OC(=O)COc2ccccc2F)CCC2C3CCC4=CC(=O)CCC4C3CC[C@@]21CC. The molecule has 0 radical (unpaired) electrons. The molecule has 0 amide bonds. The van der Waals surface area contributed by atoms with Gasteiger partial charge in [0, 0.05) is 11.8 Å². The first-order valence-corrected chi connectivity index (χ1v) is 12.9. The molecule has 1 aromatic carbocycles. The Morgan fingerprint density at radius 1 is 1.15 bits per heavy atom. The lowest BCUT2D eigenvalue weighted by Gasteiger charge is -2.57. The minimum absolute atomic E-state index is 0.0548. The zero-order chi connectivity index (χ0) is 23.9. The second-order valence-corrected chi connectivity index (χ2v) is 10.7. The van der Waals surface area contributed by atoms with E-state index in [9.17, 15) is 14.0 Å². The van der Waals surface area contributed by atoms with E-state index in [1.54, 1.807) is 12.1 Å². The molecule has 5 heteroatoms. The molecule has 0 aromatic heterocycles. The number of hydrogen-bond donors (Lipinski definition) is 0. The number of allylic oxidation sites excluding steroid dienone is 1. The molecule has 5 rings (SSSR count). The zero-order valence-electron chi connectivity index (χ0n) is 20.1. The first-order chi connectivity index (χ1) is 16.4. The smallest absolute Gasteiger partial charge is 0.345 e. The first kappa shape index (κ1) is 23.3. The van der Waals surface area contributed by atoms with Crippen LogP contribution in [-0.4, -0.2) is 24.0 Å². The molecule has 3 fully saturated rings. The van der Waals surface area contributed by atoms with E-state index in [4.69, 9.17) is 9.47 Å². The fourth-order valence-corrected chi connectivity index (χ4v) is 8.20. The van der Waals surface area contributed by atoms with Crippen molar-refractivity contribution >= 4 is 11.8 Å². The van der Waals surface area contributed by atoms with Crippen LogP contribution in [0, 0.1) is 34.9 Å². The van der Waals surface area contributed by atoms with E-state index in [1.165, 1.54) is 17.7 Å². The standard InChI is InChI=1S/C29H35FO4/c1-3-28-15-13-22-21-12-10-20(31)17-19(21)9-11-23(22)24(28)14-16-29(28,4-2)34-27(32)18-33-26-8-6-5-7-25(26)30/h4-8,17,21-24H,2-3,9-16,18H2,1H3/t21?,22?,23?,24?,28-,29-/m0/s1. The van der Waals surface area contributed by atoms with Crippen LogP contribution in [0.3, 0.4) is 0 Å².